The number of carbonyl (C=O) groups is 2. The van der Waals surface area contributed by atoms with Crippen LogP contribution >= 0.6 is 11.7 Å². The largest absolute Gasteiger partial charge is 0.326 e. The van der Waals surface area contributed by atoms with Crippen molar-refractivity contribution in [2.75, 3.05) is 10.6 Å². The lowest BCUT2D eigenvalue weighted by atomic mass is 10.1. The van der Waals surface area contributed by atoms with Crippen LogP contribution in [0, 0.1) is 12.8 Å². The van der Waals surface area contributed by atoms with Crippen LogP contribution in [0.3, 0.4) is 0 Å². The van der Waals surface area contributed by atoms with Crippen molar-refractivity contribution in [3.63, 3.8) is 0 Å². The van der Waals surface area contributed by atoms with Gasteiger partial charge in [0.1, 0.15) is 0 Å². The first-order chi connectivity index (χ1) is 10.1. The Hall–Kier alpha value is -2.28. The summed E-state index contributed by atoms with van der Waals surface area (Å²) >= 11 is 0.987. The zero-order valence-electron chi connectivity index (χ0n) is 11.4. The van der Waals surface area contributed by atoms with Gasteiger partial charge in [-0.2, -0.15) is 8.75 Å². The molecule has 0 saturated heterocycles. The Balaban J connectivity index is 1.74. The highest BCUT2D eigenvalue weighted by Gasteiger charge is 2.29. The molecule has 0 bridgehead atoms. The molecule has 1 aliphatic carbocycles. The molecule has 3 rings (SSSR count). The molecule has 1 fully saturated rings. The number of aryl methyl sites for hydroxylation is 1. The van der Waals surface area contributed by atoms with Crippen LogP contribution in [-0.2, 0) is 4.79 Å². The van der Waals surface area contributed by atoms with Crippen molar-refractivity contribution in [2.24, 2.45) is 5.92 Å². The normalized spacial score (nSPS) is 13.8. The average molecular weight is 302 g/mol. The van der Waals surface area contributed by atoms with Crippen molar-refractivity contribution in [1.82, 2.24) is 8.75 Å². The SMILES string of the molecule is Cc1ccc(NC(=O)C2CC2)cc1NC(=O)c1cnsn1. The first-order valence-electron chi connectivity index (χ1n) is 6.64. The number of aromatic nitrogens is 2. The molecule has 1 aliphatic rings. The number of nitrogens with one attached hydrogen (secondary N) is 2. The van der Waals surface area contributed by atoms with E-state index in [1.165, 1.54) is 6.20 Å². The molecule has 1 saturated carbocycles. The first-order valence-corrected chi connectivity index (χ1v) is 7.37. The molecular weight excluding hydrogens is 288 g/mol. The van der Waals surface area contributed by atoms with E-state index in [9.17, 15) is 9.59 Å². The lowest BCUT2D eigenvalue weighted by Crippen LogP contribution is -2.15. The topological polar surface area (TPSA) is 84.0 Å². The predicted octanol–water partition coefficient (Wildman–Crippen LogP) is 2.45. The zero-order chi connectivity index (χ0) is 14.8. The van der Waals surface area contributed by atoms with Gasteiger partial charge in [0.25, 0.3) is 5.91 Å². The van der Waals surface area contributed by atoms with Crippen LogP contribution in [0.1, 0.15) is 28.9 Å². The quantitative estimate of drug-likeness (QED) is 0.908. The fourth-order valence-corrected chi connectivity index (χ4v) is 2.29. The molecule has 108 valence electrons. The molecule has 0 unspecified atom stereocenters. The van der Waals surface area contributed by atoms with Gasteiger partial charge in [-0.05, 0) is 37.5 Å². The molecule has 7 heteroatoms. The van der Waals surface area contributed by atoms with Gasteiger partial charge in [0, 0.05) is 17.3 Å². The number of rotatable bonds is 4. The number of nitrogens with zero attached hydrogens (tertiary/aromatic N) is 2. The summed E-state index contributed by atoms with van der Waals surface area (Å²) in [7, 11) is 0. The molecule has 2 aromatic rings. The molecule has 0 radical (unpaired) electrons. The number of amides is 2. The first kappa shape index (κ1) is 13.7. The summed E-state index contributed by atoms with van der Waals surface area (Å²) < 4.78 is 7.70. The van der Waals surface area contributed by atoms with E-state index in [0.717, 1.165) is 30.1 Å². The summed E-state index contributed by atoms with van der Waals surface area (Å²) in [6.07, 6.45) is 3.34. The number of hydrogen-bond acceptors (Lipinski definition) is 5. The minimum Gasteiger partial charge on any atom is -0.326 e. The second-order valence-electron chi connectivity index (χ2n) is 5.04. The molecule has 0 aliphatic heterocycles. The van der Waals surface area contributed by atoms with Gasteiger partial charge in [0.15, 0.2) is 5.69 Å². The van der Waals surface area contributed by atoms with Crippen LogP contribution in [-0.4, -0.2) is 20.6 Å². The van der Waals surface area contributed by atoms with Crippen molar-refractivity contribution in [3.05, 3.63) is 35.7 Å². The Labute approximate surface area is 125 Å². The van der Waals surface area contributed by atoms with Crippen LogP contribution in [0.4, 0.5) is 11.4 Å². The van der Waals surface area contributed by atoms with Gasteiger partial charge in [0.05, 0.1) is 17.9 Å². The molecule has 21 heavy (non-hydrogen) atoms. The third-order valence-corrected chi connectivity index (χ3v) is 3.77. The average Bonchev–Trinajstić information content (AvgIpc) is 3.17. The monoisotopic (exact) mass is 302 g/mol. The van der Waals surface area contributed by atoms with Crippen LogP contribution in [0.5, 0.6) is 0 Å². The Morgan fingerprint density at radius 1 is 1.29 bits per heavy atom. The Kier molecular flexibility index (Phi) is 3.66. The van der Waals surface area contributed by atoms with Crippen molar-refractivity contribution < 1.29 is 9.59 Å². The smallest absolute Gasteiger partial charge is 0.277 e. The minimum atomic E-state index is -0.308. The third-order valence-electron chi connectivity index (χ3n) is 3.30. The van der Waals surface area contributed by atoms with E-state index in [-0.39, 0.29) is 23.4 Å². The zero-order valence-corrected chi connectivity index (χ0v) is 12.2. The summed E-state index contributed by atoms with van der Waals surface area (Å²) in [4.78, 5) is 23.7. The van der Waals surface area contributed by atoms with Crippen molar-refractivity contribution in [1.29, 1.82) is 0 Å². The molecule has 2 amide bonds. The molecule has 0 atom stereocenters. The molecule has 0 spiro atoms. The number of anilines is 2. The lowest BCUT2D eigenvalue weighted by Gasteiger charge is -2.10. The Morgan fingerprint density at radius 3 is 2.76 bits per heavy atom. The minimum absolute atomic E-state index is 0.0415. The highest BCUT2D eigenvalue weighted by Crippen LogP contribution is 2.30. The van der Waals surface area contributed by atoms with Crippen molar-refractivity contribution >= 4 is 34.9 Å². The Morgan fingerprint density at radius 2 is 2.10 bits per heavy atom. The maximum absolute atomic E-state index is 12.0. The van der Waals surface area contributed by atoms with Crippen molar-refractivity contribution in [2.45, 2.75) is 19.8 Å². The van der Waals surface area contributed by atoms with E-state index in [1.807, 2.05) is 19.1 Å². The molecular formula is C14H14N4O2S. The van der Waals surface area contributed by atoms with Gasteiger partial charge in [-0.15, -0.1) is 0 Å². The van der Waals surface area contributed by atoms with Gasteiger partial charge in [0.2, 0.25) is 5.91 Å². The molecule has 1 aromatic heterocycles. The van der Waals surface area contributed by atoms with Gasteiger partial charge < -0.3 is 10.6 Å². The van der Waals surface area contributed by atoms with Crippen LogP contribution in [0.25, 0.3) is 0 Å². The number of benzene rings is 1. The second kappa shape index (κ2) is 5.61. The van der Waals surface area contributed by atoms with Gasteiger partial charge in [-0.1, -0.05) is 6.07 Å². The maximum Gasteiger partial charge on any atom is 0.277 e. The summed E-state index contributed by atoms with van der Waals surface area (Å²) in [6, 6.07) is 5.44. The fourth-order valence-electron chi connectivity index (χ4n) is 1.88. The van der Waals surface area contributed by atoms with E-state index in [0.29, 0.717) is 11.4 Å². The summed E-state index contributed by atoms with van der Waals surface area (Å²) in [6.45, 7) is 1.89. The van der Waals surface area contributed by atoms with Gasteiger partial charge in [-0.3, -0.25) is 9.59 Å². The summed E-state index contributed by atoms with van der Waals surface area (Å²) in [5.74, 6) is -0.122. The Bertz CT molecular complexity index is 680. The van der Waals surface area contributed by atoms with E-state index in [4.69, 9.17) is 0 Å². The predicted molar refractivity (Wildman–Crippen MR) is 80.4 cm³/mol. The van der Waals surface area contributed by atoms with Crippen molar-refractivity contribution in [3.8, 4) is 0 Å². The van der Waals surface area contributed by atoms with E-state index in [1.54, 1.807) is 6.07 Å². The van der Waals surface area contributed by atoms with Gasteiger partial charge in [-0.25, -0.2) is 0 Å². The lowest BCUT2D eigenvalue weighted by molar-refractivity contribution is -0.117. The van der Waals surface area contributed by atoms with E-state index in [2.05, 4.69) is 19.4 Å². The van der Waals surface area contributed by atoms with Crippen LogP contribution < -0.4 is 10.6 Å². The number of hydrogen-bond donors (Lipinski definition) is 2. The highest BCUT2D eigenvalue weighted by molar-refractivity contribution is 6.99. The molecule has 2 N–H and O–H groups in total. The summed E-state index contributed by atoms with van der Waals surface area (Å²) in [5, 5.41) is 5.65. The highest BCUT2D eigenvalue weighted by atomic mass is 32.1. The fraction of sp³-hybridized carbons (Fsp3) is 0.286. The maximum atomic E-state index is 12.0. The van der Waals surface area contributed by atoms with Crippen LogP contribution in [0.2, 0.25) is 0 Å². The molecule has 1 aromatic carbocycles. The standard InChI is InChI=1S/C14H14N4O2S/c1-8-2-5-10(16-13(19)9-3-4-9)6-11(8)17-14(20)12-7-15-21-18-12/h2,5-7,9H,3-4H2,1H3,(H,16,19)(H,17,20). The van der Waals surface area contributed by atoms with Crippen LogP contribution in [0.15, 0.2) is 24.4 Å². The number of carbonyl (C=O) groups excluding carboxylic acids is 2. The van der Waals surface area contributed by atoms with E-state index >= 15 is 0 Å². The molecule has 1 heterocycles. The second-order valence-corrected chi connectivity index (χ2v) is 5.60. The molecule has 6 nitrogen and oxygen atoms in total. The van der Waals surface area contributed by atoms with E-state index < -0.39 is 0 Å². The summed E-state index contributed by atoms with van der Waals surface area (Å²) in [5.41, 5.74) is 2.54. The third kappa shape index (κ3) is 3.25. The van der Waals surface area contributed by atoms with Gasteiger partial charge >= 0.3 is 0 Å².